The van der Waals surface area contributed by atoms with Crippen LogP contribution in [-0.2, 0) is 25.5 Å². The zero-order valence-corrected chi connectivity index (χ0v) is 21.2. The summed E-state index contributed by atoms with van der Waals surface area (Å²) in [7, 11) is 0. The molecule has 0 aromatic heterocycles. The summed E-state index contributed by atoms with van der Waals surface area (Å²) in [6, 6.07) is 26.7. The first-order chi connectivity index (χ1) is 18.4. The van der Waals surface area contributed by atoms with Gasteiger partial charge in [0.05, 0.1) is 24.6 Å². The van der Waals surface area contributed by atoms with Gasteiger partial charge < -0.3 is 9.84 Å². The van der Waals surface area contributed by atoms with E-state index in [0.717, 1.165) is 21.9 Å². The van der Waals surface area contributed by atoms with Gasteiger partial charge in [0.2, 0.25) is 0 Å². The molecule has 190 valence electrons. The molecule has 1 N–H and O–H groups in total. The molecule has 1 atom stereocenters. The summed E-state index contributed by atoms with van der Waals surface area (Å²) >= 11 is 0. The maximum atomic E-state index is 13.5. The van der Waals surface area contributed by atoms with E-state index in [4.69, 9.17) is 4.74 Å². The molecular formula is C32H27NO5. The third-order valence-corrected chi connectivity index (χ3v) is 6.72. The molecule has 1 fully saturated rings. The van der Waals surface area contributed by atoms with Crippen LogP contribution in [0.5, 0.6) is 0 Å². The van der Waals surface area contributed by atoms with E-state index < -0.39 is 17.7 Å². The maximum Gasteiger partial charge on any atom is 0.310 e. The number of amides is 1. The summed E-state index contributed by atoms with van der Waals surface area (Å²) in [5.41, 5.74) is 3.41. The molecule has 0 aliphatic carbocycles. The number of carbonyl (C=O) groups is 3. The van der Waals surface area contributed by atoms with E-state index in [1.54, 1.807) is 37.3 Å². The van der Waals surface area contributed by atoms with Gasteiger partial charge in [-0.25, -0.2) is 0 Å². The summed E-state index contributed by atoms with van der Waals surface area (Å²) < 4.78 is 5.02. The minimum absolute atomic E-state index is 0.0348. The number of Topliss-reactive ketones (excluding diaryl/α,β-unsaturated/α-hetero) is 1. The van der Waals surface area contributed by atoms with Crippen LogP contribution in [-0.4, -0.2) is 29.4 Å². The monoisotopic (exact) mass is 505 g/mol. The Kier molecular flexibility index (Phi) is 6.79. The van der Waals surface area contributed by atoms with Gasteiger partial charge in [-0.3, -0.25) is 19.3 Å². The second-order valence-corrected chi connectivity index (χ2v) is 9.26. The SMILES string of the molecule is CCOC(=O)Cc1ccc(N2C(=O)C(=O)/C(=C(\O)c3cccc4ccccc34)C2c2cccc(C)c2)cc1. The lowest BCUT2D eigenvalue weighted by atomic mass is 9.92. The van der Waals surface area contributed by atoms with E-state index in [9.17, 15) is 19.5 Å². The summed E-state index contributed by atoms with van der Waals surface area (Å²) in [6.07, 6.45) is 0.106. The molecule has 6 heteroatoms. The van der Waals surface area contributed by atoms with Crippen LogP contribution in [0, 0.1) is 6.92 Å². The molecule has 38 heavy (non-hydrogen) atoms. The van der Waals surface area contributed by atoms with E-state index in [1.807, 2.05) is 67.6 Å². The first-order valence-electron chi connectivity index (χ1n) is 12.5. The van der Waals surface area contributed by atoms with Gasteiger partial charge >= 0.3 is 5.97 Å². The number of ether oxygens (including phenoxy) is 1. The fourth-order valence-electron chi connectivity index (χ4n) is 4.98. The molecule has 1 amide bonds. The predicted octanol–water partition coefficient (Wildman–Crippen LogP) is 5.88. The van der Waals surface area contributed by atoms with Crippen molar-refractivity contribution in [1.29, 1.82) is 0 Å². The highest BCUT2D eigenvalue weighted by Gasteiger charge is 2.47. The van der Waals surface area contributed by atoms with E-state index in [0.29, 0.717) is 23.4 Å². The molecule has 4 aromatic rings. The number of carbonyl (C=O) groups excluding carboxylic acids is 3. The lowest BCUT2D eigenvalue weighted by Crippen LogP contribution is -2.29. The van der Waals surface area contributed by atoms with Gasteiger partial charge in [-0.15, -0.1) is 0 Å². The van der Waals surface area contributed by atoms with Crippen LogP contribution in [0.15, 0.2) is 96.6 Å². The molecule has 5 rings (SSSR count). The lowest BCUT2D eigenvalue weighted by Gasteiger charge is -2.26. The van der Waals surface area contributed by atoms with E-state index in [2.05, 4.69) is 0 Å². The first-order valence-corrected chi connectivity index (χ1v) is 12.5. The number of rotatable bonds is 6. The average Bonchev–Trinajstić information content (AvgIpc) is 3.18. The normalized spacial score (nSPS) is 16.7. The maximum absolute atomic E-state index is 13.5. The molecule has 1 aliphatic heterocycles. The van der Waals surface area contributed by atoms with Gasteiger partial charge in [-0.1, -0.05) is 84.4 Å². The first kappa shape index (κ1) is 25.0. The number of fused-ring (bicyclic) bond motifs is 1. The third kappa shape index (κ3) is 4.57. The number of benzene rings is 4. The third-order valence-electron chi connectivity index (χ3n) is 6.72. The van der Waals surface area contributed by atoms with Crippen molar-refractivity contribution >= 4 is 39.9 Å². The van der Waals surface area contributed by atoms with Crippen molar-refractivity contribution in [2.45, 2.75) is 26.3 Å². The second kappa shape index (κ2) is 10.3. The smallest absolute Gasteiger partial charge is 0.310 e. The minimum atomic E-state index is -0.829. The van der Waals surface area contributed by atoms with Gasteiger partial charge in [0.15, 0.2) is 0 Å². The Hall–Kier alpha value is -4.71. The number of esters is 1. The summed E-state index contributed by atoms with van der Waals surface area (Å²) in [5, 5.41) is 13.3. The molecule has 0 spiro atoms. The van der Waals surface area contributed by atoms with Crippen molar-refractivity contribution in [2.24, 2.45) is 0 Å². The molecule has 4 aromatic carbocycles. The zero-order chi connectivity index (χ0) is 26.8. The molecule has 0 radical (unpaired) electrons. The topological polar surface area (TPSA) is 83.9 Å². The molecule has 1 saturated heterocycles. The highest BCUT2D eigenvalue weighted by atomic mass is 16.5. The van der Waals surface area contributed by atoms with Crippen molar-refractivity contribution in [3.63, 3.8) is 0 Å². The van der Waals surface area contributed by atoms with E-state index >= 15 is 0 Å². The lowest BCUT2D eigenvalue weighted by molar-refractivity contribution is -0.142. The number of aryl methyl sites for hydroxylation is 1. The Morgan fingerprint density at radius 3 is 2.37 bits per heavy atom. The Labute approximate surface area is 220 Å². The molecule has 0 bridgehead atoms. The van der Waals surface area contributed by atoms with Crippen LogP contribution in [0.2, 0.25) is 0 Å². The van der Waals surface area contributed by atoms with Gasteiger partial charge in [-0.05, 0) is 47.9 Å². The highest BCUT2D eigenvalue weighted by molar-refractivity contribution is 6.51. The number of aliphatic hydroxyl groups excluding tert-OH is 1. The van der Waals surface area contributed by atoms with Gasteiger partial charge in [-0.2, -0.15) is 0 Å². The van der Waals surface area contributed by atoms with Crippen LogP contribution < -0.4 is 4.90 Å². The Morgan fingerprint density at radius 1 is 0.921 bits per heavy atom. The zero-order valence-electron chi connectivity index (χ0n) is 21.2. The van der Waals surface area contributed by atoms with Gasteiger partial charge in [0, 0.05) is 11.3 Å². The summed E-state index contributed by atoms with van der Waals surface area (Å²) in [5.74, 6) is -2.03. The molecule has 6 nitrogen and oxygen atoms in total. The van der Waals surface area contributed by atoms with Crippen LogP contribution in [0.4, 0.5) is 5.69 Å². The number of hydrogen-bond acceptors (Lipinski definition) is 5. The van der Waals surface area contributed by atoms with Crippen molar-refractivity contribution in [1.82, 2.24) is 0 Å². The largest absolute Gasteiger partial charge is 0.507 e. The predicted molar refractivity (Wildman–Crippen MR) is 147 cm³/mol. The van der Waals surface area contributed by atoms with Crippen molar-refractivity contribution in [3.05, 3.63) is 119 Å². The van der Waals surface area contributed by atoms with Crippen molar-refractivity contribution < 1.29 is 24.2 Å². The summed E-state index contributed by atoms with van der Waals surface area (Å²) in [6.45, 7) is 3.99. The molecule has 1 aliphatic rings. The fourth-order valence-corrected chi connectivity index (χ4v) is 4.98. The van der Waals surface area contributed by atoms with E-state index in [1.165, 1.54) is 4.90 Å². The van der Waals surface area contributed by atoms with Crippen LogP contribution in [0.25, 0.3) is 16.5 Å². The average molecular weight is 506 g/mol. The molecule has 1 heterocycles. The van der Waals surface area contributed by atoms with Crippen LogP contribution in [0.1, 0.15) is 35.2 Å². The Balaban J connectivity index is 1.65. The number of anilines is 1. The molecule has 1 unspecified atom stereocenters. The Bertz CT molecular complexity index is 1580. The molecule has 0 saturated carbocycles. The second-order valence-electron chi connectivity index (χ2n) is 9.26. The van der Waals surface area contributed by atoms with E-state index in [-0.39, 0.29) is 23.7 Å². The number of hydrogen-bond donors (Lipinski definition) is 1. The number of nitrogens with zero attached hydrogens (tertiary/aromatic N) is 1. The number of aliphatic hydroxyl groups is 1. The van der Waals surface area contributed by atoms with Gasteiger partial charge in [0.1, 0.15) is 5.76 Å². The van der Waals surface area contributed by atoms with Crippen LogP contribution >= 0.6 is 0 Å². The van der Waals surface area contributed by atoms with Gasteiger partial charge in [0.25, 0.3) is 11.7 Å². The van der Waals surface area contributed by atoms with Crippen molar-refractivity contribution in [3.8, 4) is 0 Å². The number of ketones is 1. The summed E-state index contributed by atoms with van der Waals surface area (Å²) in [4.78, 5) is 40.3. The van der Waals surface area contributed by atoms with Crippen LogP contribution in [0.3, 0.4) is 0 Å². The molecular weight excluding hydrogens is 478 g/mol. The highest BCUT2D eigenvalue weighted by Crippen LogP contribution is 2.43. The fraction of sp³-hybridized carbons (Fsp3) is 0.156. The Morgan fingerprint density at radius 2 is 1.63 bits per heavy atom. The quantitative estimate of drug-likeness (QED) is 0.153. The minimum Gasteiger partial charge on any atom is -0.507 e. The standard InChI is InChI=1S/C32H27NO5/c1-3-38-27(34)19-21-14-16-24(17-15-21)33-29(23-11-6-8-20(2)18-23)28(31(36)32(33)37)30(35)26-13-7-10-22-9-4-5-12-25(22)26/h4-18,29,35H,3,19H2,1-2H3/b30-28-. The van der Waals surface area contributed by atoms with Crippen molar-refractivity contribution in [2.75, 3.05) is 11.5 Å².